The molecule has 1 fully saturated rings. The van der Waals surface area contributed by atoms with Crippen molar-refractivity contribution in [1.29, 1.82) is 0 Å². The SMILES string of the molecule is Cc1ccc(N)c(-c2nc3ccc(F)cc3n2C2CC2)c1. The van der Waals surface area contributed by atoms with Crippen LogP contribution in [0, 0.1) is 12.7 Å². The van der Waals surface area contributed by atoms with Gasteiger partial charge in [-0.3, -0.25) is 0 Å². The molecule has 0 radical (unpaired) electrons. The van der Waals surface area contributed by atoms with E-state index in [1.54, 1.807) is 12.1 Å². The minimum absolute atomic E-state index is 0.229. The van der Waals surface area contributed by atoms with Crippen molar-refractivity contribution in [3.05, 3.63) is 47.8 Å². The van der Waals surface area contributed by atoms with Crippen LogP contribution in [0.3, 0.4) is 0 Å². The van der Waals surface area contributed by atoms with Crippen LogP contribution >= 0.6 is 0 Å². The summed E-state index contributed by atoms with van der Waals surface area (Å²) < 4.78 is 15.7. The molecule has 0 saturated heterocycles. The summed E-state index contributed by atoms with van der Waals surface area (Å²) >= 11 is 0. The summed E-state index contributed by atoms with van der Waals surface area (Å²) in [4.78, 5) is 4.70. The summed E-state index contributed by atoms with van der Waals surface area (Å²) in [6, 6.07) is 11.1. The van der Waals surface area contributed by atoms with Crippen molar-refractivity contribution in [1.82, 2.24) is 9.55 Å². The minimum Gasteiger partial charge on any atom is -0.398 e. The van der Waals surface area contributed by atoms with E-state index in [1.165, 1.54) is 6.07 Å². The van der Waals surface area contributed by atoms with Gasteiger partial charge in [-0.15, -0.1) is 0 Å². The summed E-state index contributed by atoms with van der Waals surface area (Å²) in [5.74, 6) is 0.618. The van der Waals surface area contributed by atoms with Crippen molar-refractivity contribution in [2.24, 2.45) is 0 Å². The number of hydrogen-bond donors (Lipinski definition) is 1. The van der Waals surface area contributed by atoms with E-state index in [9.17, 15) is 4.39 Å². The van der Waals surface area contributed by atoms with Crippen molar-refractivity contribution in [3.8, 4) is 11.4 Å². The second kappa shape index (κ2) is 4.32. The highest BCUT2D eigenvalue weighted by Gasteiger charge is 2.29. The number of nitrogens with two attached hydrogens (primary N) is 1. The van der Waals surface area contributed by atoms with Crippen molar-refractivity contribution >= 4 is 16.7 Å². The Bertz CT molecular complexity index is 847. The summed E-state index contributed by atoms with van der Waals surface area (Å²) in [6.07, 6.45) is 2.22. The van der Waals surface area contributed by atoms with Crippen molar-refractivity contribution in [3.63, 3.8) is 0 Å². The van der Waals surface area contributed by atoms with Crippen LogP contribution in [0.15, 0.2) is 36.4 Å². The lowest BCUT2D eigenvalue weighted by Crippen LogP contribution is -2.00. The number of halogens is 1. The van der Waals surface area contributed by atoms with Gasteiger partial charge in [-0.1, -0.05) is 11.6 Å². The summed E-state index contributed by atoms with van der Waals surface area (Å²) in [5.41, 5.74) is 10.6. The molecule has 1 heterocycles. The first-order valence-electron chi connectivity index (χ1n) is 7.17. The van der Waals surface area contributed by atoms with Gasteiger partial charge in [-0.2, -0.15) is 0 Å². The third kappa shape index (κ3) is 1.98. The average Bonchev–Trinajstić information content (AvgIpc) is 3.22. The van der Waals surface area contributed by atoms with Gasteiger partial charge >= 0.3 is 0 Å². The van der Waals surface area contributed by atoms with E-state index in [4.69, 9.17) is 10.7 Å². The summed E-state index contributed by atoms with van der Waals surface area (Å²) in [5, 5.41) is 0. The first-order chi connectivity index (χ1) is 10.1. The Morgan fingerprint density at radius 1 is 1.19 bits per heavy atom. The number of aromatic nitrogens is 2. The van der Waals surface area contributed by atoms with E-state index in [0.717, 1.165) is 40.8 Å². The van der Waals surface area contributed by atoms with Crippen LogP contribution in [0.5, 0.6) is 0 Å². The number of nitrogen functional groups attached to an aromatic ring is 1. The van der Waals surface area contributed by atoms with Gasteiger partial charge in [0.1, 0.15) is 11.6 Å². The van der Waals surface area contributed by atoms with Crippen LogP contribution in [0.2, 0.25) is 0 Å². The Kier molecular flexibility index (Phi) is 2.55. The number of nitrogens with zero attached hydrogens (tertiary/aromatic N) is 2. The highest BCUT2D eigenvalue weighted by molar-refractivity contribution is 5.84. The Labute approximate surface area is 122 Å². The van der Waals surface area contributed by atoms with Gasteiger partial charge in [-0.25, -0.2) is 9.37 Å². The largest absolute Gasteiger partial charge is 0.398 e. The van der Waals surface area contributed by atoms with Crippen LogP contribution < -0.4 is 5.73 Å². The Morgan fingerprint density at radius 3 is 2.76 bits per heavy atom. The van der Waals surface area contributed by atoms with Gasteiger partial charge in [0, 0.05) is 17.3 Å². The van der Waals surface area contributed by atoms with Crippen molar-refractivity contribution in [2.75, 3.05) is 5.73 Å². The molecule has 1 saturated carbocycles. The number of anilines is 1. The third-order valence-corrected chi connectivity index (χ3v) is 4.01. The number of imidazole rings is 1. The molecule has 1 aromatic heterocycles. The van der Waals surface area contributed by atoms with E-state index in [0.29, 0.717) is 11.7 Å². The molecule has 3 aromatic rings. The van der Waals surface area contributed by atoms with Crippen LogP contribution in [-0.4, -0.2) is 9.55 Å². The fourth-order valence-corrected chi connectivity index (χ4v) is 2.82. The predicted octanol–water partition coefficient (Wildman–Crippen LogP) is 4.07. The lowest BCUT2D eigenvalue weighted by molar-refractivity contribution is 0.628. The zero-order valence-corrected chi connectivity index (χ0v) is 11.8. The van der Waals surface area contributed by atoms with E-state index < -0.39 is 0 Å². The molecule has 1 aliphatic carbocycles. The first-order valence-corrected chi connectivity index (χ1v) is 7.17. The van der Waals surface area contributed by atoms with Gasteiger partial charge in [0.15, 0.2) is 0 Å². The third-order valence-electron chi connectivity index (χ3n) is 4.01. The van der Waals surface area contributed by atoms with Crippen LogP contribution in [0.1, 0.15) is 24.4 Å². The molecule has 0 aliphatic heterocycles. The predicted molar refractivity (Wildman–Crippen MR) is 82.5 cm³/mol. The molecular formula is C17H16FN3. The monoisotopic (exact) mass is 281 g/mol. The Hall–Kier alpha value is -2.36. The molecule has 2 aromatic carbocycles. The molecule has 106 valence electrons. The van der Waals surface area contributed by atoms with Crippen molar-refractivity contribution < 1.29 is 4.39 Å². The zero-order chi connectivity index (χ0) is 14.6. The molecule has 0 amide bonds. The second-order valence-electron chi connectivity index (χ2n) is 5.76. The molecule has 0 atom stereocenters. The molecule has 3 nitrogen and oxygen atoms in total. The smallest absolute Gasteiger partial charge is 0.143 e. The van der Waals surface area contributed by atoms with E-state index in [2.05, 4.69) is 4.57 Å². The number of benzene rings is 2. The van der Waals surface area contributed by atoms with Gasteiger partial charge in [0.2, 0.25) is 0 Å². The van der Waals surface area contributed by atoms with E-state index in [-0.39, 0.29) is 5.82 Å². The van der Waals surface area contributed by atoms with Crippen LogP contribution in [0.4, 0.5) is 10.1 Å². The van der Waals surface area contributed by atoms with Gasteiger partial charge in [-0.05, 0) is 50.1 Å². The van der Waals surface area contributed by atoms with Gasteiger partial charge in [0.25, 0.3) is 0 Å². The molecule has 4 heteroatoms. The maximum absolute atomic E-state index is 13.6. The molecule has 21 heavy (non-hydrogen) atoms. The Balaban J connectivity index is 2.04. The number of fused-ring (bicyclic) bond motifs is 1. The Morgan fingerprint density at radius 2 is 2.00 bits per heavy atom. The lowest BCUT2D eigenvalue weighted by atomic mass is 10.1. The molecule has 0 spiro atoms. The lowest BCUT2D eigenvalue weighted by Gasteiger charge is -2.10. The van der Waals surface area contributed by atoms with Crippen molar-refractivity contribution in [2.45, 2.75) is 25.8 Å². The standard InChI is InChI=1S/C17H16FN3/c1-10-2-6-14(19)13(8-10)17-20-15-7-3-11(18)9-16(15)21(17)12-4-5-12/h2-3,6-9,12H,4-5,19H2,1H3. The maximum Gasteiger partial charge on any atom is 0.143 e. The molecule has 4 rings (SSSR count). The fourth-order valence-electron chi connectivity index (χ4n) is 2.82. The second-order valence-corrected chi connectivity index (χ2v) is 5.76. The quantitative estimate of drug-likeness (QED) is 0.720. The van der Waals surface area contributed by atoms with E-state index >= 15 is 0 Å². The highest BCUT2D eigenvalue weighted by atomic mass is 19.1. The summed E-state index contributed by atoms with van der Waals surface area (Å²) in [6.45, 7) is 2.03. The van der Waals surface area contributed by atoms with Gasteiger partial charge < -0.3 is 10.3 Å². The zero-order valence-electron chi connectivity index (χ0n) is 11.8. The summed E-state index contributed by atoms with van der Waals surface area (Å²) in [7, 11) is 0. The average molecular weight is 281 g/mol. The maximum atomic E-state index is 13.6. The molecule has 0 bridgehead atoms. The molecular weight excluding hydrogens is 265 g/mol. The van der Waals surface area contributed by atoms with Crippen LogP contribution in [0.25, 0.3) is 22.4 Å². The first kappa shape index (κ1) is 12.4. The highest BCUT2D eigenvalue weighted by Crippen LogP contribution is 2.42. The molecule has 0 unspecified atom stereocenters. The fraction of sp³-hybridized carbons (Fsp3) is 0.235. The van der Waals surface area contributed by atoms with Crippen LogP contribution in [-0.2, 0) is 0 Å². The normalized spacial score (nSPS) is 14.8. The molecule has 1 aliphatic rings. The van der Waals surface area contributed by atoms with E-state index in [1.807, 2.05) is 25.1 Å². The molecule has 2 N–H and O–H groups in total. The number of hydrogen-bond acceptors (Lipinski definition) is 2. The van der Waals surface area contributed by atoms with Gasteiger partial charge in [0.05, 0.1) is 11.0 Å². The minimum atomic E-state index is -0.229. The number of aryl methyl sites for hydroxylation is 1. The number of rotatable bonds is 2. The topological polar surface area (TPSA) is 43.8 Å².